The first-order chi connectivity index (χ1) is 10.6. The molecule has 1 aromatic rings. The van der Waals surface area contributed by atoms with Gasteiger partial charge in [-0.3, -0.25) is 4.79 Å². The van der Waals surface area contributed by atoms with Crippen molar-refractivity contribution in [1.29, 1.82) is 0 Å². The van der Waals surface area contributed by atoms with Gasteiger partial charge in [-0.05, 0) is 24.0 Å². The maximum atomic E-state index is 12.3. The van der Waals surface area contributed by atoms with Crippen LogP contribution in [0.3, 0.4) is 0 Å². The van der Waals surface area contributed by atoms with Crippen LogP contribution < -0.4 is 10.1 Å². The second-order valence-electron chi connectivity index (χ2n) is 5.28. The molecule has 0 aliphatic rings. The van der Waals surface area contributed by atoms with E-state index in [1.807, 2.05) is 0 Å². The van der Waals surface area contributed by atoms with Crippen LogP contribution >= 0.6 is 0 Å². The zero-order valence-corrected chi connectivity index (χ0v) is 12.7. The van der Waals surface area contributed by atoms with Gasteiger partial charge in [0, 0.05) is 6.42 Å². The van der Waals surface area contributed by atoms with Crippen LogP contribution in [0.5, 0.6) is 5.75 Å². The molecule has 0 bridgehead atoms. The molecule has 2 N–H and O–H groups in total. The van der Waals surface area contributed by atoms with Crippen LogP contribution in [0.1, 0.15) is 25.8 Å². The van der Waals surface area contributed by atoms with Crippen LogP contribution in [0.4, 0.5) is 13.2 Å². The number of aryl methyl sites for hydroxylation is 1. The van der Waals surface area contributed by atoms with Crippen molar-refractivity contribution in [2.24, 2.45) is 5.92 Å². The van der Waals surface area contributed by atoms with Crippen LogP contribution in [0.15, 0.2) is 24.3 Å². The summed E-state index contributed by atoms with van der Waals surface area (Å²) in [5.74, 6) is -2.38. The molecule has 0 spiro atoms. The Balaban J connectivity index is 2.68. The molecule has 0 fully saturated rings. The number of carboxylic acid groups (broad SMARTS) is 1. The number of carboxylic acids is 1. The van der Waals surface area contributed by atoms with E-state index in [4.69, 9.17) is 5.11 Å². The van der Waals surface area contributed by atoms with E-state index in [0.29, 0.717) is 0 Å². The predicted octanol–water partition coefficient (Wildman–Crippen LogP) is 2.74. The Morgan fingerprint density at radius 2 is 1.87 bits per heavy atom. The van der Waals surface area contributed by atoms with Crippen LogP contribution in [0.2, 0.25) is 0 Å². The smallest absolute Gasteiger partial charge is 0.480 e. The number of hydrogen-bond acceptors (Lipinski definition) is 3. The lowest BCUT2D eigenvalue weighted by Gasteiger charge is -2.18. The summed E-state index contributed by atoms with van der Waals surface area (Å²) in [6.07, 6.45) is -4.96. The number of hydrogen-bond donors (Lipinski definition) is 2. The molecule has 1 aromatic carbocycles. The summed E-state index contributed by atoms with van der Waals surface area (Å²) < 4.78 is 40.8. The summed E-state index contributed by atoms with van der Waals surface area (Å²) in [4.78, 5) is 22.8. The highest BCUT2D eigenvalue weighted by molar-refractivity contribution is 5.83. The third-order valence-electron chi connectivity index (χ3n) is 3.07. The molecule has 0 aliphatic carbocycles. The maximum absolute atomic E-state index is 12.3. The summed E-state index contributed by atoms with van der Waals surface area (Å²) in [5.41, 5.74) is 0.219. The molecule has 128 valence electrons. The molecule has 0 radical (unpaired) electrons. The number of para-hydroxylation sites is 1. The van der Waals surface area contributed by atoms with Gasteiger partial charge in [0.25, 0.3) is 0 Å². The topological polar surface area (TPSA) is 75.6 Å². The normalized spacial score (nSPS) is 12.8. The van der Waals surface area contributed by atoms with Gasteiger partial charge < -0.3 is 15.2 Å². The van der Waals surface area contributed by atoms with E-state index in [9.17, 15) is 22.8 Å². The summed E-state index contributed by atoms with van der Waals surface area (Å²) in [6, 6.07) is 4.47. The van der Waals surface area contributed by atoms with Crippen molar-refractivity contribution < 1.29 is 32.6 Å². The molecule has 0 aromatic heterocycles. The van der Waals surface area contributed by atoms with Crippen molar-refractivity contribution in [1.82, 2.24) is 5.32 Å². The zero-order chi connectivity index (χ0) is 17.6. The Morgan fingerprint density at radius 3 is 2.39 bits per heavy atom. The number of carbonyl (C=O) groups is 2. The lowest BCUT2D eigenvalue weighted by atomic mass is 10.0. The minimum atomic E-state index is -4.82. The number of halogens is 3. The standard InChI is InChI=1S/C15H18F3NO4/c1-9(2)13(14(21)22)19-12(20)8-7-10-5-3-4-6-11(10)23-15(16,17)18/h3-6,9,13H,7-8H2,1-2H3,(H,19,20)(H,21,22)/t13-/m1/s1. The Kier molecular flexibility index (Phi) is 6.41. The highest BCUT2D eigenvalue weighted by Crippen LogP contribution is 2.26. The minimum absolute atomic E-state index is 0.00250. The van der Waals surface area contributed by atoms with Gasteiger partial charge in [0.2, 0.25) is 5.91 Å². The Labute approximate surface area is 131 Å². The number of ether oxygens (including phenoxy) is 1. The van der Waals surface area contributed by atoms with Crippen molar-refractivity contribution in [3.63, 3.8) is 0 Å². The highest BCUT2D eigenvalue weighted by atomic mass is 19.4. The molecule has 0 aliphatic heterocycles. The van der Waals surface area contributed by atoms with Crippen molar-refractivity contribution in [3.05, 3.63) is 29.8 Å². The van der Waals surface area contributed by atoms with E-state index in [0.717, 1.165) is 6.07 Å². The molecule has 1 rings (SSSR count). The van der Waals surface area contributed by atoms with Crippen LogP contribution in [-0.4, -0.2) is 29.4 Å². The lowest BCUT2D eigenvalue weighted by Crippen LogP contribution is -2.44. The Morgan fingerprint density at radius 1 is 1.26 bits per heavy atom. The quantitative estimate of drug-likeness (QED) is 0.804. The maximum Gasteiger partial charge on any atom is 0.573 e. The molecule has 1 atom stereocenters. The van der Waals surface area contributed by atoms with Gasteiger partial charge in [-0.15, -0.1) is 13.2 Å². The van der Waals surface area contributed by atoms with E-state index >= 15 is 0 Å². The van der Waals surface area contributed by atoms with Gasteiger partial charge in [0.15, 0.2) is 0 Å². The van der Waals surface area contributed by atoms with Gasteiger partial charge >= 0.3 is 12.3 Å². The summed E-state index contributed by atoms with van der Waals surface area (Å²) in [6.45, 7) is 3.29. The molecule has 8 heteroatoms. The van der Waals surface area contributed by atoms with Crippen LogP contribution in [0, 0.1) is 5.92 Å². The number of aliphatic carboxylic acids is 1. The predicted molar refractivity (Wildman–Crippen MR) is 75.9 cm³/mol. The van der Waals surface area contributed by atoms with Crippen LogP contribution in [0.25, 0.3) is 0 Å². The number of alkyl halides is 3. The van der Waals surface area contributed by atoms with E-state index in [2.05, 4.69) is 10.1 Å². The molecule has 0 saturated heterocycles. The van der Waals surface area contributed by atoms with Gasteiger partial charge in [-0.1, -0.05) is 32.0 Å². The third-order valence-corrected chi connectivity index (χ3v) is 3.07. The molecule has 0 unspecified atom stereocenters. The van der Waals surface area contributed by atoms with Gasteiger partial charge in [0.05, 0.1) is 0 Å². The third kappa shape index (κ3) is 6.58. The number of rotatable bonds is 7. The van der Waals surface area contributed by atoms with E-state index in [1.54, 1.807) is 13.8 Å². The van der Waals surface area contributed by atoms with Gasteiger partial charge in [0.1, 0.15) is 11.8 Å². The van der Waals surface area contributed by atoms with E-state index in [-0.39, 0.29) is 30.1 Å². The van der Waals surface area contributed by atoms with Crippen molar-refractivity contribution in [3.8, 4) is 5.75 Å². The molecule has 23 heavy (non-hydrogen) atoms. The molecule has 0 heterocycles. The fraction of sp³-hybridized carbons (Fsp3) is 0.467. The number of benzene rings is 1. The molecular formula is C15H18F3NO4. The Bertz CT molecular complexity index is 558. The molecular weight excluding hydrogens is 315 g/mol. The molecule has 1 amide bonds. The second-order valence-corrected chi connectivity index (χ2v) is 5.28. The average molecular weight is 333 g/mol. The minimum Gasteiger partial charge on any atom is -0.480 e. The zero-order valence-electron chi connectivity index (χ0n) is 12.7. The first kappa shape index (κ1) is 18.8. The van der Waals surface area contributed by atoms with E-state index in [1.165, 1.54) is 18.2 Å². The van der Waals surface area contributed by atoms with Gasteiger partial charge in [-0.25, -0.2) is 4.79 Å². The van der Waals surface area contributed by atoms with Crippen LogP contribution in [-0.2, 0) is 16.0 Å². The summed E-state index contributed by atoms with van der Waals surface area (Å²) in [5, 5.41) is 11.3. The van der Waals surface area contributed by atoms with E-state index < -0.39 is 24.3 Å². The number of nitrogens with one attached hydrogen (secondary N) is 1. The summed E-state index contributed by atoms with van der Waals surface area (Å²) >= 11 is 0. The first-order valence-electron chi connectivity index (χ1n) is 6.96. The fourth-order valence-electron chi connectivity index (χ4n) is 1.94. The average Bonchev–Trinajstić information content (AvgIpc) is 2.41. The molecule has 5 nitrogen and oxygen atoms in total. The second kappa shape index (κ2) is 7.85. The van der Waals surface area contributed by atoms with Crippen molar-refractivity contribution >= 4 is 11.9 Å². The highest BCUT2D eigenvalue weighted by Gasteiger charge is 2.32. The van der Waals surface area contributed by atoms with Gasteiger partial charge in [-0.2, -0.15) is 0 Å². The molecule has 0 saturated carbocycles. The SMILES string of the molecule is CC(C)[C@@H](NC(=O)CCc1ccccc1OC(F)(F)F)C(=O)O. The number of amides is 1. The number of carbonyl (C=O) groups excluding carboxylic acids is 1. The largest absolute Gasteiger partial charge is 0.573 e. The fourth-order valence-corrected chi connectivity index (χ4v) is 1.94. The lowest BCUT2D eigenvalue weighted by molar-refractivity contribution is -0.274. The summed E-state index contributed by atoms with van der Waals surface area (Å²) in [7, 11) is 0. The Hall–Kier alpha value is -2.25. The first-order valence-corrected chi connectivity index (χ1v) is 6.96. The van der Waals surface area contributed by atoms with Crippen molar-refractivity contribution in [2.45, 2.75) is 39.1 Å². The monoisotopic (exact) mass is 333 g/mol. The van der Waals surface area contributed by atoms with Crippen molar-refractivity contribution in [2.75, 3.05) is 0 Å².